The lowest BCUT2D eigenvalue weighted by Gasteiger charge is -2.29. The van der Waals surface area contributed by atoms with Gasteiger partial charge in [0.05, 0.1) is 11.9 Å². The molecule has 0 radical (unpaired) electrons. The molecule has 3 heterocycles. The third kappa shape index (κ3) is 2.82. The number of carboxylic acids is 1. The number of hydrogen-bond donors (Lipinski definition) is 2. The molecule has 7 nitrogen and oxygen atoms in total. The highest BCUT2D eigenvalue weighted by Crippen LogP contribution is 2.22. The molecule has 0 saturated carbocycles. The van der Waals surface area contributed by atoms with E-state index in [2.05, 4.69) is 10.3 Å². The monoisotopic (exact) mass is 338 g/mol. The Kier molecular flexibility index (Phi) is 4.43. The SMILES string of the molecule is O=C(O)c1cn(CCF)c2nc(N3CCNCC3)c(F)cc2c1=O. The maximum atomic E-state index is 14.4. The van der Waals surface area contributed by atoms with E-state index < -0.39 is 29.5 Å². The molecular formula is C15H16F2N4O3. The quantitative estimate of drug-likeness (QED) is 0.849. The Morgan fingerprint density at radius 1 is 1.38 bits per heavy atom. The summed E-state index contributed by atoms with van der Waals surface area (Å²) in [5.41, 5.74) is -1.28. The Balaban J connectivity index is 2.24. The summed E-state index contributed by atoms with van der Waals surface area (Å²) in [6.45, 7) is 1.52. The van der Waals surface area contributed by atoms with Crippen LogP contribution in [-0.4, -0.2) is 53.5 Å². The molecule has 0 spiro atoms. The predicted octanol–water partition coefficient (Wildman–Crippen LogP) is 0.613. The number of hydrogen-bond acceptors (Lipinski definition) is 5. The van der Waals surface area contributed by atoms with Gasteiger partial charge in [0.15, 0.2) is 11.6 Å². The van der Waals surface area contributed by atoms with Crippen molar-refractivity contribution >= 4 is 22.8 Å². The second-order valence-electron chi connectivity index (χ2n) is 5.46. The first kappa shape index (κ1) is 16.3. The zero-order valence-electron chi connectivity index (χ0n) is 12.8. The van der Waals surface area contributed by atoms with Crippen LogP contribution in [0.15, 0.2) is 17.1 Å². The van der Waals surface area contributed by atoms with Crippen molar-refractivity contribution in [2.24, 2.45) is 0 Å². The maximum Gasteiger partial charge on any atom is 0.341 e. The van der Waals surface area contributed by atoms with Crippen LogP contribution in [0.4, 0.5) is 14.6 Å². The number of fused-ring (bicyclic) bond motifs is 1. The molecule has 128 valence electrons. The van der Waals surface area contributed by atoms with Crippen molar-refractivity contribution in [3.05, 3.63) is 33.9 Å². The van der Waals surface area contributed by atoms with Crippen molar-refractivity contribution in [3.8, 4) is 0 Å². The van der Waals surface area contributed by atoms with Crippen LogP contribution in [0.25, 0.3) is 11.0 Å². The third-order valence-electron chi connectivity index (χ3n) is 3.96. The van der Waals surface area contributed by atoms with Gasteiger partial charge < -0.3 is 19.9 Å². The van der Waals surface area contributed by atoms with E-state index in [-0.39, 0.29) is 23.4 Å². The van der Waals surface area contributed by atoms with Crippen LogP contribution in [0.2, 0.25) is 0 Å². The normalized spacial score (nSPS) is 15.0. The molecule has 1 aliphatic rings. The maximum absolute atomic E-state index is 14.4. The highest BCUT2D eigenvalue weighted by molar-refractivity contribution is 5.92. The molecule has 1 fully saturated rings. The largest absolute Gasteiger partial charge is 0.477 e. The number of carboxylic acid groups (broad SMARTS) is 1. The Morgan fingerprint density at radius 3 is 2.71 bits per heavy atom. The van der Waals surface area contributed by atoms with Gasteiger partial charge in [-0.15, -0.1) is 0 Å². The van der Waals surface area contributed by atoms with Crippen molar-refractivity contribution in [3.63, 3.8) is 0 Å². The van der Waals surface area contributed by atoms with E-state index in [0.717, 1.165) is 12.3 Å². The van der Waals surface area contributed by atoms with Gasteiger partial charge in [0, 0.05) is 32.4 Å². The summed E-state index contributed by atoms with van der Waals surface area (Å²) in [6, 6.07) is 0.989. The average Bonchev–Trinajstić information content (AvgIpc) is 2.57. The Morgan fingerprint density at radius 2 is 2.08 bits per heavy atom. The van der Waals surface area contributed by atoms with Gasteiger partial charge in [-0.2, -0.15) is 0 Å². The number of aryl methyl sites for hydroxylation is 1. The summed E-state index contributed by atoms with van der Waals surface area (Å²) < 4.78 is 28.5. The van der Waals surface area contributed by atoms with Crippen molar-refractivity contribution in [1.82, 2.24) is 14.9 Å². The molecule has 0 unspecified atom stereocenters. The van der Waals surface area contributed by atoms with Gasteiger partial charge >= 0.3 is 5.97 Å². The molecule has 2 aromatic rings. The minimum Gasteiger partial charge on any atom is -0.477 e. The summed E-state index contributed by atoms with van der Waals surface area (Å²) in [7, 11) is 0. The lowest BCUT2D eigenvalue weighted by Crippen LogP contribution is -2.44. The van der Waals surface area contributed by atoms with E-state index >= 15 is 0 Å². The summed E-state index contributed by atoms with van der Waals surface area (Å²) in [5, 5.41) is 12.1. The summed E-state index contributed by atoms with van der Waals surface area (Å²) in [4.78, 5) is 29.4. The lowest BCUT2D eigenvalue weighted by atomic mass is 10.2. The Bertz CT molecular complexity index is 847. The molecule has 1 saturated heterocycles. The number of nitrogens with one attached hydrogen (secondary N) is 1. The molecule has 24 heavy (non-hydrogen) atoms. The van der Waals surface area contributed by atoms with Crippen molar-refractivity contribution in [1.29, 1.82) is 0 Å². The Hall–Kier alpha value is -2.55. The van der Waals surface area contributed by atoms with Crippen LogP contribution < -0.4 is 15.6 Å². The van der Waals surface area contributed by atoms with E-state index in [1.807, 2.05) is 0 Å². The number of rotatable bonds is 4. The highest BCUT2D eigenvalue weighted by Gasteiger charge is 2.21. The number of aromatic carboxylic acids is 1. The zero-order valence-corrected chi connectivity index (χ0v) is 12.8. The van der Waals surface area contributed by atoms with E-state index in [9.17, 15) is 18.4 Å². The number of aromatic nitrogens is 2. The number of piperazine rings is 1. The molecule has 3 rings (SSSR count). The van der Waals surface area contributed by atoms with E-state index in [0.29, 0.717) is 26.2 Å². The molecule has 0 aromatic carbocycles. The number of halogens is 2. The van der Waals surface area contributed by atoms with E-state index in [1.54, 1.807) is 4.90 Å². The Labute approximate surface area is 135 Å². The van der Waals surface area contributed by atoms with Gasteiger partial charge in [-0.3, -0.25) is 4.79 Å². The molecule has 0 atom stereocenters. The van der Waals surface area contributed by atoms with E-state index in [4.69, 9.17) is 5.11 Å². The summed E-state index contributed by atoms with van der Waals surface area (Å²) in [5.74, 6) is -2.06. The zero-order chi connectivity index (χ0) is 17.3. The second-order valence-corrected chi connectivity index (χ2v) is 5.46. The van der Waals surface area contributed by atoms with Crippen LogP contribution in [0.3, 0.4) is 0 Å². The standard InChI is InChI=1S/C15H16F2N4O3/c16-1-4-21-8-10(15(23)24)12(22)9-7-11(17)14(19-13(9)21)20-5-2-18-3-6-20/h7-8,18H,1-6H2,(H,23,24). The number of carbonyl (C=O) groups is 1. The van der Waals surface area contributed by atoms with Gasteiger partial charge in [0.1, 0.15) is 17.9 Å². The molecule has 0 amide bonds. The van der Waals surface area contributed by atoms with Gasteiger partial charge in [-0.05, 0) is 6.07 Å². The fourth-order valence-electron chi connectivity index (χ4n) is 2.79. The van der Waals surface area contributed by atoms with Gasteiger partial charge in [0.2, 0.25) is 5.43 Å². The topological polar surface area (TPSA) is 87.5 Å². The molecule has 0 bridgehead atoms. The van der Waals surface area contributed by atoms with Crippen LogP contribution in [0.1, 0.15) is 10.4 Å². The van der Waals surface area contributed by atoms with Crippen molar-refractivity contribution < 1.29 is 18.7 Å². The first-order valence-corrected chi connectivity index (χ1v) is 7.51. The van der Waals surface area contributed by atoms with Crippen LogP contribution in [-0.2, 0) is 6.54 Å². The predicted molar refractivity (Wildman–Crippen MR) is 84.0 cm³/mol. The molecule has 0 aliphatic carbocycles. The van der Waals surface area contributed by atoms with Crippen LogP contribution >= 0.6 is 0 Å². The van der Waals surface area contributed by atoms with Crippen LogP contribution in [0, 0.1) is 5.82 Å². The van der Waals surface area contributed by atoms with Gasteiger partial charge in [0.25, 0.3) is 0 Å². The third-order valence-corrected chi connectivity index (χ3v) is 3.96. The first-order chi connectivity index (χ1) is 11.5. The number of anilines is 1. The molecule has 2 aromatic heterocycles. The summed E-state index contributed by atoms with van der Waals surface area (Å²) >= 11 is 0. The van der Waals surface area contributed by atoms with Crippen LogP contribution in [0.5, 0.6) is 0 Å². The second kappa shape index (κ2) is 6.52. The smallest absolute Gasteiger partial charge is 0.341 e. The fourth-order valence-corrected chi connectivity index (χ4v) is 2.79. The highest BCUT2D eigenvalue weighted by atomic mass is 19.1. The van der Waals surface area contributed by atoms with Crippen molar-refractivity contribution in [2.75, 3.05) is 37.8 Å². The summed E-state index contributed by atoms with van der Waals surface area (Å²) in [6.07, 6.45) is 1.05. The van der Waals surface area contributed by atoms with Gasteiger partial charge in [-0.25, -0.2) is 18.6 Å². The number of pyridine rings is 2. The first-order valence-electron chi connectivity index (χ1n) is 7.51. The number of alkyl halides is 1. The van der Waals surface area contributed by atoms with Crippen molar-refractivity contribution in [2.45, 2.75) is 6.54 Å². The molecule has 2 N–H and O–H groups in total. The van der Waals surface area contributed by atoms with Gasteiger partial charge in [-0.1, -0.05) is 0 Å². The molecule has 9 heteroatoms. The van der Waals surface area contributed by atoms with E-state index in [1.165, 1.54) is 4.57 Å². The average molecular weight is 338 g/mol. The molecule has 1 aliphatic heterocycles. The number of nitrogens with zero attached hydrogens (tertiary/aromatic N) is 3. The lowest BCUT2D eigenvalue weighted by molar-refractivity contribution is 0.0694. The minimum atomic E-state index is -1.44. The molecular weight excluding hydrogens is 322 g/mol. The minimum absolute atomic E-state index is 0.0811. The fraction of sp³-hybridized carbons (Fsp3) is 0.400.